The SMILES string of the molecule is CNCC(=Cc1cnc(N)nc1Cl)B1OC(C)(C)C(C)(C)O1. The number of halogens is 1. The normalized spacial score (nSPS) is 20.5. The smallest absolute Gasteiger partial charge is 0.400 e. The molecule has 1 aliphatic rings. The van der Waals surface area contributed by atoms with E-state index in [0.717, 1.165) is 5.47 Å². The summed E-state index contributed by atoms with van der Waals surface area (Å²) in [6.07, 6.45) is 3.46. The molecule has 120 valence electrons. The predicted molar refractivity (Wildman–Crippen MR) is 89.4 cm³/mol. The highest BCUT2D eigenvalue weighted by Gasteiger charge is 2.52. The Bertz CT molecular complexity index is 576. The van der Waals surface area contributed by atoms with E-state index in [2.05, 4.69) is 15.3 Å². The molecular weight excluding hydrogens is 302 g/mol. The number of aromatic nitrogens is 2. The van der Waals surface area contributed by atoms with Crippen molar-refractivity contribution in [1.29, 1.82) is 0 Å². The van der Waals surface area contributed by atoms with Gasteiger partial charge >= 0.3 is 7.12 Å². The van der Waals surface area contributed by atoms with Gasteiger partial charge in [0.05, 0.1) is 11.2 Å². The van der Waals surface area contributed by atoms with Crippen LogP contribution in [-0.4, -0.2) is 41.9 Å². The Hall–Kier alpha value is -1.15. The summed E-state index contributed by atoms with van der Waals surface area (Å²) in [7, 11) is 1.41. The van der Waals surface area contributed by atoms with Gasteiger partial charge in [0.15, 0.2) is 0 Å². The average Bonchev–Trinajstić information content (AvgIpc) is 2.61. The molecule has 0 bridgehead atoms. The van der Waals surface area contributed by atoms with E-state index in [9.17, 15) is 0 Å². The van der Waals surface area contributed by atoms with Crippen LogP contribution in [-0.2, 0) is 9.31 Å². The van der Waals surface area contributed by atoms with E-state index in [1.165, 1.54) is 0 Å². The van der Waals surface area contributed by atoms with Crippen LogP contribution in [0.3, 0.4) is 0 Å². The van der Waals surface area contributed by atoms with Gasteiger partial charge in [-0.2, -0.15) is 0 Å². The molecule has 0 spiro atoms. The molecule has 0 radical (unpaired) electrons. The molecule has 3 N–H and O–H groups in total. The highest BCUT2D eigenvalue weighted by molar-refractivity contribution is 6.56. The second-order valence-electron chi connectivity index (χ2n) is 6.31. The first-order valence-electron chi connectivity index (χ1n) is 7.15. The first-order chi connectivity index (χ1) is 10.2. The Morgan fingerprint density at radius 2 is 1.95 bits per heavy atom. The van der Waals surface area contributed by atoms with Gasteiger partial charge in [0.1, 0.15) is 5.15 Å². The molecule has 1 aromatic heterocycles. The Morgan fingerprint density at radius 3 is 2.45 bits per heavy atom. The number of rotatable bonds is 4. The minimum absolute atomic E-state index is 0.146. The van der Waals surface area contributed by atoms with Gasteiger partial charge in [-0.25, -0.2) is 9.97 Å². The van der Waals surface area contributed by atoms with Crippen molar-refractivity contribution in [3.05, 3.63) is 22.4 Å². The second-order valence-corrected chi connectivity index (χ2v) is 6.67. The topological polar surface area (TPSA) is 82.3 Å². The van der Waals surface area contributed by atoms with E-state index in [1.54, 1.807) is 6.20 Å². The van der Waals surface area contributed by atoms with Crippen molar-refractivity contribution in [2.45, 2.75) is 38.9 Å². The molecular formula is C14H22BClN4O2. The van der Waals surface area contributed by atoms with Crippen LogP contribution in [0.1, 0.15) is 33.3 Å². The molecule has 0 aliphatic carbocycles. The number of nitrogens with one attached hydrogen (secondary N) is 1. The molecule has 0 atom stereocenters. The van der Waals surface area contributed by atoms with Gasteiger partial charge in [0, 0.05) is 18.3 Å². The van der Waals surface area contributed by atoms with Gasteiger partial charge in [-0.05, 0) is 40.2 Å². The first kappa shape index (κ1) is 17.2. The highest BCUT2D eigenvalue weighted by Crippen LogP contribution is 2.38. The highest BCUT2D eigenvalue weighted by atomic mass is 35.5. The maximum atomic E-state index is 6.11. The lowest BCUT2D eigenvalue weighted by molar-refractivity contribution is 0.00578. The summed E-state index contributed by atoms with van der Waals surface area (Å²) in [4.78, 5) is 7.93. The minimum atomic E-state index is -0.453. The summed E-state index contributed by atoms with van der Waals surface area (Å²) in [5.41, 5.74) is 6.32. The van der Waals surface area contributed by atoms with Crippen molar-refractivity contribution in [2.24, 2.45) is 0 Å². The van der Waals surface area contributed by atoms with Gasteiger partial charge in [0.25, 0.3) is 0 Å². The van der Waals surface area contributed by atoms with E-state index in [-0.39, 0.29) is 5.95 Å². The molecule has 1 fully saturated rings. The maximum absolute atomic E-state index is 6.11. The Labute approximate surface area is 136 Å². The zero-order valence-corrected chi connectivity index (χ0v) is 14.4. The molecule has 2 heterocycles. The first-order valence-corrected chi connectivity index (χ1v) is 7.53. The lowest BCUT2D eigenvalue weighted by atomic mass is 9.77. The van der Waals surface area contributed by atoms with Crippen molar-refractivity contribution < 1.29 is 9.31 Å². The van der Waals surface area contributed by atoms with Crippen LogP contribution in [0.4, 0.5) is 5.95 Å². The molecule has 2 rings (SSSR count). The van der Waals surface area contributed by atoms with Crippen LogP contribution in [0.15, 0.2) is 11.7 Å². The number of hydrogen-bond donors (Lipinski definition) is 2. The molecule has 0 unspecified atom stereocenters. The average molecular weight is 325 g/mol. The Morgan fingerprint density at radius 1 is 1.36 bits per heavy atom. The number of hydrogen-bond acceptors (Lipinski definition) is 6. The second kappa shape index (κ2) is 6.16. The number of anilines is 1. The van der Waals surface area contributed by atoms with Crippen molar-refractivity contribution >= 4 is 30.7 Å². The summed E-state index contributed by atoms with van der Waals surface area (Å²) in [5, 5.41) is 3.42. The number of likely N-dealkylation sites (N-methyl/N-ethyl adjacent to an activating group) is 1. The van der Waals surface area contributed by atoms with Gasteiger partial charge in [0.2, 0.25) is 5.95 Å². The maximum Gasteiger partial charge on any atom is 0.491 e. The van der Waals surface area contributed by atoms with Gasteiger partial charge in [-0.3, -0.25) is 0 Å². The molecule has 1 saturated heterocycles. The molecule has 22 heavy (non-hydrogen) atoms. The molecule has 0 amide bonds. The summed E-state index contributed by atoms with van der Waals surface area (Å²) < 4.78 is 12.2. The van der Waals surface area contributed by atoms with E-state index in [0.29, 0.717) is 17.3 Å². The van der Waals surface area contributed by atoms with Gasteiger partial charge in [-0.1, -0.05) is 17.7 Å². The fourth-order valence-electron chi connectivity index (χ4n) is 2.08. The van der Waals surface area contributed by atoms with Crippen molar-refractivity contribution in [2.75, 3.05) is 19.3 Å². The van der Waals surface area contributed by atoms with Crippen LogP contribution in [0.25, 0.3) is 6.08 Å². The van der Waals surface area contributed by atoms with E-state index < -0.39 is 18.3 Å². The van der Waals surface area contributed by atoms with Crippen LogP contribution >= 0.6 is 11.6 Å². The number of nitrogens with two attached hydrogens (primary N) is 1. The molecule has 0 saturated carbocycles. The van der Waals surface area contributed by atoms with E-state index in [4.69, 9.17) is 26.6 Å². The summed E-state index contributed by atoms with van der Waals surface area (Å²) in [6.45, 7) is 8.66. The zero-order valence-electron chi connectivity index (χ0n) is 13.6. The fourth-order valence-corrected chi connectivity index (χ4v) is 2.27. The number of nitrogen functional groups attached to an aromatic ring is 1. The predicted octanol–water partition coefficient (Wildman–Crippen LogP) is 1.95. The molecule has 0 aromatic carbocycles. The van der Waals surface area contributed by atoms with Crippen molar-refractivity contribution in [3.8, 4) is 0 Å². The van der Waals surface area contributed by atoms with E-state index in [1.807, 2.05) is 40.8 Å². The summed E-state index contributed by atoms with van der Waals surface area (Å²) in [5.74, 6) is 0.146. The van der Waals surface area contributed by atoms with Crippen LogP contribution in [0.5, 0.6) is 0 Å². The van der Waals surface area contributed by atoms with Crippen LogP contribution in [0.2, 0.25) is 5.15 Å². The summed E-state index contributed by atoms with van der Waals surface area (Å²) >= 11 is 6.11. The van der Waals surface area contributed by atoms with Gasteiger partial charge < -0.3 is 20.4 Å². The Balaban J connectivity index is 2.33. The van der Waals surface area contributed by atoms with E-state index >= 15 is 0 Å². The molecule has 1 aromatic rings. The number of nitrogens with zero attached hydrogens (tertiary/aromatic N) is 2. The van der Waals surface area contributed by atoms with Crippen LogP contribution < -0.4 is 11.1 Å². The largest absolute Gasteiger partial charge is 0.491 e. The minimum Gasteiger partial charge on any atom is -0.400 e. The lowest BCUT2D eigenvalue weighted by Gasteiger charge is -2.32. The lowest BCUT2D eigenvalue weighted by Crippen LogP contribution is -2.41. The monoisotopic (exact) mass is 324 g/mol. The molecule has 1 aliphatic heterocycles. The van der Waals surface area contributed by atoms with Crippen molar-refractivity contribution in [1.82, 2.24) is 15.3 Å². The third-order valence-corrected chi connectivity index (χ3v) is 4.37. The third kappa shape index (κ3) is 3.43. The standard InChI is InChI=1S/C14H22BClN4O2/c1-13(2)14(3,4)22-15(21-13)10(8-18-5)6-9-7-19-12(17)20-11(9)16/h6-7,18H,8H2,1-5H3,(H2,17,19,20). The quantitative estimate of drug-likeness (QED) is 0.650. The van der Waals surface area contributed by atoms with Crippen LogP contribution in [0, 0.1) is 0 Å². The fraction of sp³-hybridized carbons (Fsp3) is 0.571. The zero-order chi connectivity index (χ0) is 16.5. The third-order valence-electron chi connectivity index (χ3n) is 4.06. The van der Waals surface area contributed by atoms with Crippen molar-refractivity contribution in [3.63, 3.8) is 0 Å². The summed E-state index contributed by atoms with van der Waals surface area (Å²) in [6, 6.07) is 0. The molecule has 8 heteroatoms. The Kier molecular flexibility index (Phi) is 4.82. The van der Waals surface area contributed by atoms with Gasteiger partial charge in [-0.15, -0.1) is 0 Å². The molecule has 6 nitrogen and oxygen atoms in total.